The molecular weight excluding hydrogens is 276 g/mol. The Labute approximate surface area is 131 Å². The van der Waals surface area contributed by atoms with Crippen molar-refractivity contribution >= 4 is 5.91 Å². The van der Waals surface area contributed by atoms with E-state index in [2.05, 4.69) is 12.1 Å². The Kier molecular flexibility index (Phi) is 4.06. The standard InChI is InChI=1S/C18H22N2O2/c1-22-16-6-5-14-7-10-20(12-15(14)11-16)17(21)18(13-19)8-3-2-4-9-18/h5-6,11H,2-4,7-10,12H2,1H3. The topological polar surface area (TPSA) is 53.3 Å². The summed E-state index contributed by atoms with van der Waals surface area (Å²) < 4.78 is 5.28. The molecule has 1 aromatic carbocycles. The molecule has 1 amide bonds. The fourth-order valence-corrected chi connectivity index (χ4v) is 3.67. The molecule has 0 saturated heterocycles. The molecule has 0 N–H and O–H groups in total. The summed E-state index contributed by atoms with van der Waals surface area (Å²) in [5.74, 6) is 0.851. The third kappa shape index (κ3) is 2.56. The zero-order valence-electron chi connectivity index (χ0n) is 13.1. The number of benzene rings is 1. The number of hydrogen-bond donors (Lipinski definition) is 0. The summed E-state index contributed by atoms with van der Waals surface area (Å²) in [5.41, 5.74) is 1.64. The van der Waals surface area contributed by atoms with Crippen LogP contribution in [0.15, 0.2) is 18.2 Å². The first-order valence-electron chi connectivity index (χ1n) is 8.05. The number of carbonyl (C=O) groups is 1. The van der Waals surface area contributed by atoms with Crippen molar-refractivity contribution in [1.29, 1.82) is 5.26 Å². The largest absolute Gasteiger partial charge is 0.497 e. The van der Waals surface area contributed by atoms with Gasteiger partial charge in [0.05, 0.1) is 13.2 Å². The number of methoxy groups -OCH3 is 1. The molecule has 1 saturated carbocycles. The van der Waals surface area contributed by atoms with Gasteiger partial charge in [-0.05, 0) is 42.5 Å². The molecule has 1 fully saturated rings. The van der Waals surface area contributed by atoms with E-state index < -0.39 is 5.41 Å². The van der Waals surface area contributed by atoms with Crippen LogP contribution in [0, 0.1) is 16.7 Å². The van der Waals surface area contributed by atoms with E-state index >= 15 is 0 Å². The average Bonchev–Trinajstić information content (AvgIpc) is 2.60. The molecule has 1 aliphatic carbocycles. The van der Waals surface area contributed by atoms with Crippen molar-refractivity contribution in [3.05, 3.63) is 29.3 Å². The SMILES string of the molecule is COc1ccc2c(c1)CN(C(=O)C1(C#N)CCCCC1)CC2. The Balaban J connectivity index is 1.81. The van der Waals surface area contributed by atoms with Gasteiger partial charge >= 0.3 is 0 Å². The van der Waals surface area contributed by atoms with Crippen LogP contribution in [0.4, 0.5) is 0 Å². The first-order chi connectivity index (χ1) is 10.7. The van der Waals surface area contributed by atoms with Gasteiger partial charge in [0.15, 0.2) is 0 Å². The van der Waals surface area contributed by atoms with E-state index in [1.165, 1.54) is 5.56 Å². The average molecular weight is 298 g/mol. The number of carbonyl (C=O) groups excluding carboxylic acids is 1. The maximum absolute atomic E-state index is 12.9. The van der Waals surface area contributed by atoms with Gasteiger partial charge in [-0.25, -0.2) is 0 Å². The minimum atomic E-state index is -0.783. The third-order valence-electron chi connectivity index (χ3n) is 5.04. The Bertz CT molecular complexity index is 612. The monoisotopic (exact) mass is 298 g/mol. The molecule has 0 radical (unpaired) electrons. The molecule has 4 nitrogen and oxygen atoms in total. The summed E-state index contributed by atoms with van der Waals surface area (Å²) >= 11 is 0. The molecule has 116 valence electrons. The van der Waals surface area contributed by atoms with Crippen LogP contribution < -0.4 is 4.74 Å². The third-order valence-corrected chi connectivity index (χ3v) is 5.04. The van der Waals surface area contributed by atoms with Crippen LogP contribution in [0.5, 0.6) is 5.75 Å². The molecule has 22 heavy (non-hydrogen) atoms. The van der Waals surface area contributed by atoms with E-state index in [0.29, 0.717) is 25.9 Å². The number of hydrogen-bond acceptors (Lipinski definition) is 3. The highest BCUT2D eigenvalue weighted by Crippen LogP contribution is 2.38. The van der Waals surface area contributed by atoms with Crippen molar-refractivity contribution in [2.45, 2.75) is 45.1 Å². The minimum Gasteiger partial charge on any atom is -0.497 e. The molecule has 1 aliphatic heterocycles. The van der Waals surface area contributed by atoms with Crippen LogP contribution in [0.2, 0.25) is 0 Å². The summed E-state index contributed by atoms with van der Waals surface area (Å²) in [6.07, 6.45) is 5.38. The molecule has 1 heterocycles. The van der Waals surface area contributed by atoms with Crippen molar-refractivity contribution in [2.24, 2.45) is 5.41 Å². The molecule has 0 bridgehead atoms. The number of nitriles is 1. The van der Waals surface area contributed by atoms with Gasteiger partial charge in [-0.3, -0.25) is 4.79 Å². The summed E-state index contributed by atoms with van der Waals surface area (Å²) in [7, 11) is 1.65. The van der Waals surface area contributed by atoms with E-state index in [4.69, 9.17) is 4.74 Å². The van der Waals surface area contributed by atoms with Crippen molar-refractivity contribution in [2.75, 3.05) is 13.7 Å². The van der Waals surface area contributed by atoms with E-state index in [9.17, 15) is 10.1 Å². The van der Waals surface area contributed by atoms with E-state index in [-0.39, 0.29) is 5.91 Å². The lowest BCUT2D eigenvalue weighted by molar-refractivity contribution is -0.141. The Morgan fingerprint density at radius 3 is 2.73 bits per heavy atom. The fourth-order valence-electron chi connectivity index (χ4n) is 3.67. The number of nitrogens with zero attached hydrogens (tertiary/aromatic N) is 2. The van der Waals surface area contributed by atoms with Crippen molar-refractivity contribution < 1.29 is 9.53 Å². The highest BCUT2D eigenvalue weighted by atomic mass is 16.5. The van der Waals surface area contributed by atoms with Crippen molar-refractivity contribution in [1.82, 2.24) is 4.90 Å². The summed E-state index contributed by atoms with van der Waals surface area (Å²) in [6.45, 7) is 1.30. The van der Waals surface area contributed by atoms with Crippen LogP contribution in [0.1, 0.15) is 43.2 Å². The van der Waals surface area contributed by atoms with E-state index in [1.54, 1.807) is 7.11 Å². The van der Waals surface area contributed by atoms with Crippen LogP contribution in [-0.2, 0) is 17.8 Å². The number of rotatable bonds is 2. The van der Waals surface area contributed by atoms with Gasteiger partial charge in [-0.1, -0.05) is 25.3 Å². The highest BCUT2D eigenvalue weighted by Gasteiger charge is 2.43. The van der Waals surface area contributed by atoms with Gasteiger partial charge in [-0.15, -0.1) is 0 Å². The normalized spacial score (nSPS) is 19.9. The molecule has 0 aromatic heterocycles. The second-order valence-corrected chi connectivity index (χ2v) is 6.37. The zero-order valence-corrected chi connectivity index (χ0v) is 13.1. The Hall–Kier alpha value is -2.02. The Morgan fingerprint density at radius 2 is 2.05 bits per heavy atom. The summed E-state index contributed by atoms with van der Waals surface area (Å²) in [6, 6.07) is 8.40. The first kappa shape index (κ1) is 14.9. The maximum atomic E-state index is 12.9. The maximum Gasteiger partial charge on any atom is 0.243 e. The second-order valence-electron chi connectivity index (χ2n) is 6.37. The molecular formula is C18H22N2O2. The number of ether oxygens (including phenoxy) is 1. The fraction of sp³-hybridized carbons (Fsp3) is 0.556. The quantitative estimate of drug-likeness (QED) is 0.843. The van der Waals surface area contributed by atoms with Crippen LogP contribution >= 0.6 is 0 Å². The van der Waals surface area contributed by atoms with Gasteiger partial charge in [-0.2, -0.15) is 5.26 Å². The molecule has 4 heteroatoms. The Morgan fingerprint density at radius 1 is 1.27 bits per heavy atom. The highest BCUT2D eigenvalue weighted by molar-refractivity contribution is 5.85. The van der Waals surface area contributed by atoms with Gasteiger partial charge in [0, 0.05) is 13.1 Å². The van der Waals surface area contributed by atoms with E-state index in [1.807, 2.05) is 17.0 Å². The van der Waals surface area contributed by atoms with Gasteiger partial charge in [0.2, 0.25) is 5.91 Å². The lowest BCUT2D eigenvalue weighted by Gasteiger charge is -2.37. The molecule has 0 spiro atoms. The molecule has 1 aromatic rings. The molecule has 0 unspecified atom stereocenters. The molecule has 2 aliphatic rings. The summed E-state index contributed by atoms with van der Waals surface area (Å²) in [4.78, 5) is 14.8. The predicted molar refractivity (Wildman–Crippen MR) is 83.2 cm³/mol. The van der Waals surface area contributed by atoms with Gasteiger partial charge < -0.3 is 9.64 Å². The lowest BCUT2D eigenvalue weighted by Crippen LogP contribution is -2.46. The van der Waals surface area contributed by atoms with Crippen LogP contribution in [-0.4, -0.2) is 24.5 Å². The van der Waals surface area contributed by atoms with Crippen LogP contribution in [0.3, 0.4) is 0 Å². The lowest BCUT2D eigenvalue weighted by atomic mass is 9.74. The predicted octanol–water partition coefficient (Wildman–Crippen LogP) is 3.05. The van der Waals surface area contributed by atoms with Gasteiger partial charge in [0.25, 0.3) is 0 Å². The first-order valence-corrected chi connectivity index (χ1v) is 8.05. The molecule has 0 atom stereocenters. The summed E-state index contributed by atoms with van der Waals surface area (Å²) in [5, 5.41) is 9.60. The van der Waals surface area contributed by atoms with Gasteiger partial charge in [0.1, 0.15) is 11.2 Å². The minimum absolute atomic E-state index is 0.0307. The van der Waals surface area contributed by atoms with Crippen LogP contribution in [0.25, 0.3) is 0 Å². The number of amides is 1. The smallest absolute Gasteiger partial charge is 0.243 e. The van der Waals surface area contributed by atoms with E-state index in [0.717, 1.165) is 37.0 Å². The molecule has 3 rings (SSSR count). The zero-order chi connectivity index (χ0) is 15.6. The number of fused-ring (bicyclic) bond motifs is 1. The second kappa shape index (κ2) is 6.00. The van der Waals surface area contributed by atoms with Crippen molar-refractivity contribution in [3.63, 3.8) is 0 Å². The van der Waals surface area contributed by atoms with Crippen molar-refractivity contribution in [3.8, 4) is 11.8 Å².